The molecule has 1 aromatic carbocycles. The average Bonchev–Trinajstić information content (AvgIpc) is 2.64. The maximum atomic E-state index is 12.8. The van der Waals surface area contributed by atoms with E-state index in [1.54, 1.807) is 6.07 Å². The molecule has 9 heteroatoms. The molecule has 0 spiro atoms. The molecule has 1 aliphatic rings. The molecule has 1 saturated heterocycles. The van der Waals surface area contributed by atoms with Crippen LogP contribution in [-0.4, -0.2) is 56.7 Å². The van der Waals surface area contributed by atoms with Crippen molar-refractivity contribution in [2.75, 3.05) is 33.9 Å². The van der Waals surface area contributed by atoms with Gasteiger partial charge in [-0.2, -0.15) is 13.2 Å². The van der Waals surface area contributed by atoms with E-state index >= 15 is 0 Å². The van der Waals surface area contributed by atoms with E-state index in [0.717, 1.165) is 4.90 Å². The topological polar surface area (TPSA) is 67.9 Å². The van der Waals surface area contributed by atoms with Crippen LogP contribution in [-0.2, 0) is 4.79 Å². The predicted octanol–water partition coefficient (Wildman–Crippen LogP) is 2.23. The van der Waals surface area contributed by atoms with Crippen LogP contribution in [0, 0.1) is 5.92 Å². The van der Waals surface area contributed by atoms with Crippen molar-refractivity contribution in [3.8, 4) is 11.5 Å². The number of halogens is 3. The van der Waals surface area contributed by atoms with Crippen LogP contribution in [0.15, 0.2) is 18.2 Å². The zero-order valence-electron chi connectivity index (χ0n) is 14.6. The highest BCUT2D eigenvalue weighted by Crippen LogP contribution is 2.33. The van der Waals surface area contributed by atoms with E-state index in [1.807, 2.05) is 0 Å². The monoisotopic (exact) mass is 374 g/mol. The number of hydrogen-bond acceptors (Lipinski definition) is 4. The van der Waals surface area contributed by atoms with E-state index in [4.69, 9.17) is 9.47 Å². The standard InChI is InChI=1S/C17H21F3N2O4/c1-25-13-6-5-11(8-14(13)26-2)16(24)21-9-15(23)22-7-3-4-12(10-22)17(18,19)20/h5-6,8,12H,3-4,7,9-10H2,1-2H3,(H,21,24)/t12-/m1/s1. The lowest BCUT2D eigenvalue weighted by molar-refractivity contribution is -0.187. The van der Waals surface area contributed by atoms with Crippen molar-refractivity contribution in [1.82, 2.24) is 10.2 Å². The summed E-state index contributed by atoms with van der Waals surface area (Å²) in [6.45, 7) is -0.468. The minimum Gasteiger partial charge on any atom is -0.493 e. The van der Waals surface area contributed by atoms with E-state index in [1.165, 1.54) is 26.4 Å². The number of methoxy groups -OCH3 is 2. The molecule has 2 rings (SSSR count). The SMILES string of the molecule is COc1ccc(C(=O)NCC(=O)N2CCC[C@@H](C(F)(F)F)C2)cc1OC. The fraction of sp³-hybridized carbons (Fsp3) is 0.529. The van der Waals surface area contributed by atoms with E-state index < -0.39 is 23.9 Å². The number of piperidine rings is 1. The number of nitrogens with zero attached hydrogens (tertiary/aromatic N) is 1. The van der Waals surface area contributed by atoms with Crippen molar-refractivity contribution < 1.29 is 32.2 Å². The highest BCUT2D eigenvalue weighted by Gasteiger charge is 2.42. The average molecular weight is 374 g/mol. The van der Waals surface area contributed by atoms with Gasteiger partial charge in [0.2, 0.25) is 5.91 Å². The molecular formula is C17H21F3N2O4. The number of alkyl halides is 3. The molecule has 2 amide bonds. The first-order valence-electron chi connectivity index (χ1n) is 8.11. The van der Waals surface area contributed by atoms with Crippen LogP contribution in [0.1, 0.15) is 23.2 Å². The smallest absolute Gasteiger partial charge is 0.393 e. The number of hydrogen-bond donors (Lipinski definition) is 1. The van der Waals surface area contributed by atoms with Gasteiger partial charge >= 0.3 is 6.18 Å². The molecule has 0 aromatic heterocycles. The Kier molecular flexibility index (Phi) is 6.33. The second-order valence-corrected chi connectivity index (χ2v) is 5.97. The number of benzene rings is 1. The van der Waals surface area contributed by atoms with Crippen molar-refractivity contribution in [1.29, 1.82) is 0 Å². The van der Waals surface area contributed by atoms with Gasteiger partial charge in [0.05, 0.1) is 26.7 Å². The summed E-state index contributed by atoms with van der Waals surface area (Å²) in [5.41, 5.74) is 0.252. The van der Waals surface area contributed by atoms with Gasteiger partial charge < -0.3 is 19.7 Å². The number of likely N-dealkylation sites (tertiary alicyclic amines) is 1. The Balaban J connectivity index is 1.93. The fourth-order valence-electron chi connectivity index (χ4n) is 2.82. The van der Waals surface area contributed by atoms with Gasteiger partial charge in [-0.15, -0.1) is 0 Å². The maximum Gasteiger partial charge on any atom is 0.393 e. The molecular weight excluding hydrogens is 353 g/mol. The van der Waals surface area contributed by atoms with Crippen molar-refractivity contribution >= 4 is 11.8 Å². The first-order chi connectivity index (χ1) is 12.3. The van der Waals surface area contributed by atoms with Gasteiger partial charge in [-0.3, -0.25) is 9.59 Å². The van der Waals surface area contributed by atoms with Gasteiger partial charge in [-0.25, -0.2) is 0 Å². The number of ether oxygens (including phenoxy) is 2. The fourth-order valence-corrected chi connectivity index (χ4v) is 2.82. The number of carbonyl (C=O) groups excluding carboxylic acids is 2. The Hall–Kier alpha value is -2.45. The van der Waals surface area contributed by atoms with Crippen LogP contribution in [0.4, 0.5) is 13.2 Å². The lowest BCUT2D eigenvalue weighted by Gasteiger charge is -2.33. The first-order valence-corrected chi connectivity index (χ1v) is 8.11. The molecule has 0 saturated carbocycles. The number of nitrogens with one attached hydrogen (secondary N) is 1. The summed E-state index contributed by atoms with van der Waals surface area (Å²) in [5, 5.41) is 2.43. The number of carbonyl (C=O) groups is 2. The summed E-state index contributed by atoms with van der Waals surface area (Å²) in [5.74, 6) is -1.76. The summed E-state index contributed by atoms with van der Waals surface area (Å²) in [6.07, 6.45) is -4.01. The van der Waals surface area contributed by atoms with Crippen LogP contribution < -0.4 is 14.8 Å². The molecule has 1 heterocycles. The summed E-state index contributed by atoms with van der Waals surface area (Å²) in [6, 6.07) is 4.51. The maximum absolute atomic E-state index is 12.8. The highest BCUT2D eigenvalue weighted by atomic mass is 19.4. The lowest BCUT2D eigenvalue weighted by atomic mass is 9.97. The van der Waals surface area contributed by atoms with Gasteiger partial charge in [-0.1, -0.05) is 0 Å². The molecule has 1 fully saturated rings. The minimum atomic E-state index is -4.32. The quantitative estimate of drug-likeness (QED) is 0.858. The molecule has 0 aliphatic carbocycles. The Morgan fingerprint density at radius 3 is 2.54 bits per heavy atom. The van der Waals surface area contributed by atoms with Crippen LogP contribution >= 0.6 is 0 Å². The zero-order valence-corrected chi connectivity index (χ0v) is 14.6. The molecule has 1 atom stereocenters. The van der Waals surface area contributed by atoms with Gasteiger partial charge in [-0.05, 0) is 31.0 Å². The summed E-state index contributed by atoms with van der Waals surface area (Å²) < 4.78 is 48.6. The molecule has 1 aliphatic heterocycles. The van der Waals surface area contributed by atoms with Gasteiger partial charge in [0.15, 0.2) is 11.5 Å². The van der Waals surface area contributed by atoms with Crippen molar-refractivity contribution in [3.05, 3.63) is 23.8 Å². The van der Waals surface area contributed by atoms with Gasteiger partial charge in [0.1, 0.15) is 0 Å². The van der Waals surface area contributed by atoms with E-state index in [-0.39, 0.29) is 31.6 Å². The second-order valence-electron chi connectivity index (χ2n) is 5.97. The van der Waals surface area contributed by atoms with Crippen molar-refractivity contribution in [2.45, 2.75) is 19.0 Å². The van der Waals surface area contributed by atoms with Crippen LogP contribution in [0.3, 0.4) is 0 Å². The molecule has 1 aromatic rings. The largest absolute Gasteiger partial charge is 0.493 e. The molecule has 0 radical (unpaired) electrons. The summed E-state index contributed by atoms with van der Waals surface area (Å²) in [7, 11) is 2.89. The zero-order chi connectivity index (χ0) is 19.3. The molecule has 144 valence electrons. The summed E-state index contributed by atoms with van der Waals surface area (Å²) >= 11 is 0. The Morgan fingerprint density at radius 2 is 1.92 bits per heavy atom. The third kappa shape index (κ3) is 4.80. The van der Waals surface area contributed by atoms with Crippen molar-refractivity contribution in [2.24, 2.45) is 5.92 Å². The second kappa shape index (κ2) is 8.29. The third-order valence-electron chi connectivity index (χ3n) is 4.28. The molecule has 0 bridgehead atoms. The number of amides is 2. The Bertz CT molecular complexity index is 664. The lowest BCUT2D eigenvalue weighted by Crippen LogP contribution is -2.48. The van der Waals surface area contributed by atoms with Crippen LogP contribution in [0.5, 0.6) is 11.5 Å². The minimum absolute atomic E-state index is 0.0191. The first kappa shape index (κ1) is 19.9. The Morgan fingerprint density at radius 1 is 1.23 bits per heavy atom. The molecule has 26 heavy (non-hydrogen) atoms. The molecule has 1 N–H and O–H groups in total. The normalized spacial score (nSPS) is 17.6. The predicted molar refractivity (Wildman–Crippen MR) is 87.2 cm³/mol. The van der Waals surface area contributed by atoms with Crippen molar-refractivity contribution in [3.63, 3.8) is 0 Å². The third-order valence-corrected chi connectivity index (χ3v) is 4.28. The van der Waals surface area contributed by atoms with Crippen LogP contribution in [0.2, 0.25) is 0 Å². The van der Waals surface area contributed by atoms with Crippen LogP contribution in [0.25, 0.3) is 0 Å². The van der Waals surface area contributed by atoms with E-state index in [9.17, 15) is 22.8 Å². The summed E-state index contributed by atoms with van der Waals surface area (Å²) in [4.78, 5) is 25.4. The van der Waals surface area contributed by atoms with Gasteiger partial charge in [0.25, 0.3) is 5.91 Å². The molecule has 0 unspecified atom stereocenters. The Labute approximate surface area is 149 Å². The van der Waals surface area contributed by atoms with Gasteiger partial charge in [0, 0.05) is 18.7 Å². The highest BCUT2D eigenvalue weighted by molar-refractivity contribution is 5.97. The van der Waals surface area contributed by atoms with E-state index in [2.05, 4.69) is 5.32 Å². The van der Waals surface area contributed by atoms with E-state index in [0.29, 0.717) is 17.9 Å². The number of rotatable bonds is 5. The molecule has 6 nitrogen and oxygen atoms in total.